The van der Waals surface area contributed by atoms with Crippen LogP contribution < -0.4 is 9.62 Å². The number of carbonyl (C=O) groups is 1. The first-order valence-electron chi connectivity index (χ1n) is 9.64. The molecule has 1 aliphatic heterocycles. The maximum Gasteiger partial charge on any atom is 0.257 e. The Morgan fingerprint density at radius 1 is 1.13 bits per heavy atom. The molecule has 2 aromatic rings. The molecule has 1 saturated heterocycles. The lowest BCUT2D eigenvalue weighted by Gasteiger charge is -2.26. The lowest BCUT2D eigenvalue weighted by molar-refractivity contribution is 0.102. The highest BCUT2D eigenvalue weighted by molar-refractivity contribution is 7.93. The molecular formula is C21H19Cl2N3O3S. The van der Waals surface area contributed by atoms with E-state index in [1.807, 2.05) is 12.1 Å². The van der Waals surface area contributed by atoms with E-state index < -0.39 is 15.9 Å². The van der Waals surface area contributed by atoms with E-state index in [1.54, 1.807) is 6.07 Å². The van der Waals surface area contributed by atoms with Crippen molar-refractivity contribution in [2.24, 2.45) is 0 Å². The molecule has 1 saturated carbocycles. The molecule has 30 heavy (non-hydrogen) atoms. The zero-order valence-corrected chi connectivity index (χ0v) is 18.3. The van der Waals surface area contributed by atoms with Crippen LogP contribution in [0.15, 0.2) is 30.3 Å². The van der Waals surface area contributed by atoms with Gasteiger partial charge in [0, 0.05) is 12.2 Å². The van der Waals surface area contributed by atoms with Crippen molar-refractivity contribution >= 4 is 50.5 Å². The second-order valence-corrected chi connectivity index (χ2v) is 10.4. The number of carbonyl (C=O) groups excluding carboxylic acids is 1. The molecule has 156 valence electrons. The number of amides is 1. The zero-order chi connectivity index (χ0) is 21.5. The molecule has 6 nitrogen and oxygen atoms in total. The van der Waals surface area contributed by atoms with Crippen molar-refractivity contribution in [3.63, 3.8) is 0 Å². The Morgan fingerprint density at radius 3 is 2.50 bits per heavy atom. The molecule has 0 radical (unpaired) electrons. The van der Waals surface area contributed by atoms with Crippen LogP contribution in [0.25, 0.3) is 0 Å². The summed E-state index contributed by atoms with van der Waals surface area (Å²) in [6.07, 6.45) is 3.80. The van der Waals surface area contributed by atoms with Crippen LogP contribution in [0, 0.1) is 11.3 Å². The van der Waals surface area contributed by atoms with E-state index in [9.17, 15) is 18.5 Å². The van der Waals surface area contributed by atoms with Gasteiger partial charge < -0.3 is 5.32 Å². The molecule has 2 aliphatic rings. The number of benzene rings is 2. The topological polar surface area (TPSA) is 90.3 Å². The third kappa shape index (κ3) is 4.00. The smallest absolute Gasteiger partial charge is 0.257 e. The standard InChI is InChI=1S/C21H19Cl2N3O3S/c22-19-11-17(26-5-2-6-30(26,28)29)10-18(20(19)23)21(27)25-16-8-13(12-24)7-15(9-16)14-3-1-4-14/h7-11,14H,1-6H2,(H,25,27). The Hall–Kier alpha value is -2.27. The normalized spacial score (nSPS) is 18.0. The predicted octanol–water partition coefficient (Wildman–Crippen LogP) is 4.92. The van der Waals surface area contributed by atoms with E-state index >= 15 is 0 Å². The second-order valence-electron chi connectivity index (χ2n) is 7.57. The van der Waals surface area contributed by atoms with Gasteiger partial charge in [-0.15, -0.1) is 0 Å². The van der Waals surface area contributed by atoms with Crippen LogP contribution in [0.5, 0.6) is 0 Å². The van der Waals surface area contributed by atoms with E-state index in [4.69, 9.17) is 23.2 Å². The molecule has 0 atom stereocenters. The molecule has 0 unspecified atom stereocenters. The van der Waals surface area contributed by atoms with Crippen LogP contribution in [-0.4, -0.2) is 26.6 Å². The third-order valence-corrected chi connectivity index (χ3v) is 8.24. The molecule has 1 amide bonds. The van der Waals surface area contributed by atoms with Gasteiger partial charge in [-0.1, -0.05) is 29.6 Å². The number of anilines is 2. The Labute approximate surface area is 185 Å². The largest absolute Gasteiger partial charge is 0.322 e. The number of sulfonamides is 1. The Kier molecular flexibility index (Phi) is 5.67. The maximum absolute atomic E-state index is 13.0. The molecule has 1 heterocycles. The first-order valence-corrected chi connectivity index (χ1v) is 12.0. The minimum absolute atomic E-state index is 0.0464. The van der Waals surface area contributed by atoms with Gasteiger partial charge in [-0.25, -0.2) is 8.42 Å². The zero-order valence-electron chi connectivity index (χ0n) is 16.0. The molecule has 4 rings (SSSR count). The molecule has 2 aromatic carbocycles. The number of rotatable bonds is 4. The monoisotopic (exact) mass is 463 g/mol. The van der Waals surface area contributed by atoms with Crippen LogP contribution >= 0.6 is 23.2 Å². The highest BCUT2D eigenvalue weighted by atomic mass is 35.5. The maximum atomic E-state index is 13.0. The van der Waals surface area contributed by atoms with Gasteiger partial charge in [0.15, 0.2) is 0 Å². The van der Waals surface area contributed by atoms with Crippen molar-refractivity contribution in [3.05, 3.63) is 57.1 Å². The highest BCUT2D eigenvalue weighted by Crippen LogP contribution is 2.38. The van der Waals surface area contributed by atoms with E-state index in [0.29, 0.717) is 35.8 Å². The van der Waals surface area contributed by atoms with Gasteiger partial charge in [-0.05, 0) is 61.1 Å². The number of nitrogens with one attached hydrogen (secondary N) is 1. The highest BCUT2D eigenvalue weighted by Gasteiger charge is 2.30. The van der Waals surface area contributed by atoms with Crippen molar-refractivity contribution in [1.29, 1.82) is 5.26 Å². The van der Waals surface area contributed by atoms with E-state index in [1.165, 1.54) is 16.4 Å². The molecule has 0 aromatic heterocycles. The number of nitriles is 1. The van der Waals surface area contributed by atoms with Crippen LogP contribution in [0.2, 0.25) is 10.0 Å². The van der Waals surface area contributed by atoms with Gasteiger partial charge in [-0.2, -0.15) is 5.26 Å². The molecule has 1 aliphatic carbocycles. The summed E-state index contributed by atoms with van der Waals surface area (Å²) in [4.78, 5) is 13.0. The van der Waals surface area contributed by atoms with Gasteiger partial charge >= 0.3 is 0 Å². The average Bonchev–Trinajstić information content (AvgIpc) is 3.01. The summed E-state index contributed by atoms with van der Waals surface area (Å²) >= 11 is 12.5. The van der Waals surface area contributed by atoms with Crippen molar-refractivity contribution in [2.75, 3.05) is 21.9 Å². The fourth-order valence-electron chi connectivity index (χ4n) is 3.78. The van der Waals surface area contributed by atoms with Crippen molar-refractivity contribution in [1.82, 2.24) is 0 Å². The van der Waals surface area contributed by atoms with Gasteiger partial charge in [0.2, 0.25) is 10.0 Å². The van der Waals surface area contributed by atoms with Gasteiger partial charge in [-0.3, -0.25) is 9.10 Å². The molecule has 0 bridgehead atoms. The summed E-state index contributed by atoms with van der Waals surface area (Å²) in [6.45, 7) is 0.330. The second kappa shape index (κ2) is 8.10. The van der Waals surface area contributed by atoms with Gasteiger partial charge in [0.25, 0.3) is 5.91 Å². The fraction of sp³-hybridized carbons (Fsp3) is 0.333. The summed E-state index contributed by atoms with van der Waals surface area (Å²) in [6, 6.07) is 10.3. The predicted molar refractivity (Wildman–Crippen MR) is 118 cm³/mol. The number of hydrogen-bond acceptors (Lipinski definition) is 4. The van der Waals surface area contributed by atoms with Crippen LogP contribution in [0.3, 0.4) is 0 Å². The average molecular weight is 464 g/mol. The SMILES string of the molecule is N#Cc1cc(NC(=O)c2cc(N3CCCS3(=O)=O)cc(Cl)c2Cl)cc(C2CCC2)c1. The molecule has 0 spiro atoms. The van der Waals surface area contributed by atoms with E-state index in [0.717, 1.165) is 24.8 Å². The summed E-state index contributed by atoms with van der Waals surface area (Å²) < 4.78 is 25.8. The van der Waals surface area contributed by atoms with Crippen LogP contribution in [0.1, 0.15) is 53.1 Å². The van der Waals surface area contributed by atoms with Gasteiger partial charge in [0.05, 0.1) is 38.7 Å². The number of nitrogens with zero attached hydrogens (tertiary/aromatic N) is 2. The summed E-state index contributed by atoms with van der Waals surface area (Å²) in [5.74, 6) is -0.0645. The Morgan fingerprint density at radius 2 is 1.90 bits per heavy atom. The van der Waals surface area contributed by atoms with Gasteiger partial charge in [0.1, 0.15) is 0 Å². The third-order valence-electron chi connectivity index (χ3n) is 5.56. The molecular weight excluding hydrogens is 445 g/mol. The molecule has 2 fully saturated rings. The molecule has 1 N–H and O–H groups in total. The first kappa shape index (κ1) is 21.0. The van der Waals surface area contributed by atoms with E-state index in [2.05, 4.69) is 11.4 Å². The first-order chi connectivity index (χ1) is 14.3. The number of halogens is 2. The van der Waals surface area contributed by atoms with Crippen LogP contribution in [0.4, 0.5) is 11.4 Å². The fourth-order valence-corrected chi connectivity index (χ4v) is 5.73. The summed E-state index contributed by atoms with van der Waals surface area (Å²) in [5, 5.41) is 12.3. The summed E-state index contributed by atoms with van der Waals surface area (Å²) in [7, 11) is -3.43. The van der Waals surface area contributed by atoms with E-state index in [-0.39, 0.29) is 21.4 Å². The minimum atomic E-state index is -3.43. The summed E-state index contributed by atoms with van der Waals surface area (Å²) in [5.41, 5.74) is 2.38. The molecule has 9 heteroatoms. The Bertz CT molecular complexity index is 1170. The van der Waals surface area contributed by atoms with Crippen LogP contribution in [-0.2, 0) is 10.0 Å². The Balaban J connectivity index is 1.66. The van der Waals surface area contributed by atoms with Crippen molar-refractivity contribution < 1.29 is 13.2 Å². The quantitative estimate of drug-likeness (QED) is 0.695. The van der Waals surface area contributed by atoms with Crippen molar-refractivity contribution in [2.45, 2.75) is 31.6 Å². The number of hydrogen-bond donors (Lipinski definition) is 1. The minimum Gasteiger partial charge on any atom is -0.322 e. The lowest BCUT2D eigenvalue weighted by Crippen LogP contribution is -2.25. The lowest BCUT2D eigenvalue weighted by atomic mass is 9.79. The van der Waals surface area contributed by atoms with Crippen molar-refractivity contribution in [3.8, 4) is 6.07 Å².